The summed E-state index contributed by atoms with van der Waals surface area (Å²) in [5, 5.41) is 3.20. The molecule has 2 nitrogen and oxygen atoms in total. The van der Waals surface area contributed by atoms with Gasteiger partial charge in [0.25, 0.3) is 0 Å². The van der Waals surface area contributed by atoms with Crippen molar-refractivity contribution in [1.29, 1.82) is 0 Å². The number of aryl methyl sites for hydroxylation is 4. The first-order valence-corrected chi connectivity index (χ1v) is 9.92. The Labute approximate surface area is 167 Å². The van der Waals surface area contributed by atoms with Gasteiger partial charge in [-0.3, -0.25) is 4.79 Å². The molecular formula is C26H27NO. The molecular weight excluding hydrogens is 342 g/mol. The normalized spacial score (nSPS) is 17.2. The van der Waals surface area contributed by atoms with Crippen molar-refractivity contribution in [3.05, 3.63) is 100 Å². The molecule has 1 atom stereocenters. The van der Waals surface area contributed by atoms with Gasteiger partial charge in [-0.15, -0.1) is 0 Å². The lowest BCUT2D eigenvalue weighted by Crippen LogP contribution is -2.22. The van der Waals surface area contributed by atoms with E-state index in [2.05, 4.69) is 92.8 Å². The molecule has 28 heavy (non-hydrogen) atoms. The van der Waals surface area contributed by atoms with Gasteiger partial charge in [-0.05, 0) is 62.4 Å². The molecule has 2 heteroatoms. The number of anilines is 1. The van der Waals surface area contributed by atoms with Crippen LogP contribution in [0.4, 0.5) is 5.69 Å². The Hall–Kier alpha value is -2.87. The molecule has 0 saturated heterocycles. The van der Waals surface area contributed by atoms with Gasteiger partial charge in [-0.25, -0.2) is 0 Å². The average Bonchev–Trinajstić information content (AvgIpc) is 3.42. The molecule has 0 bridgehead atoms. The number of carbonyl (C=O) groups excluding carboxylic acids is 1. The molecule has 0 unspecified atom stereocenters. The van der Waals surface area contributed by atoms with E-state index in [0.717, 1.165) is 23.2 Å². The summed E-state index contributed by atoms with van der Waals surface area (Å²) in [5.74, 6) is 0.0488. The number of nitrogens with one attached hydrogen (secondary N) is 1. The van der Waals surface area contributed by atoms with Gasteiger partial charge in [0, 0.05) is 11.1 Å². The molecule has 3 aromatic carbocycles. The highest BCUT2D eigenvalue weighted by atomic mass is 16.2. The highest BCUT2D eigenvalue weighted by Crippen LogP contribution is 2.59. The van der Waals surface area contributed by atoms with E-state index < -0.39 is 0 Å². The van der Waals surface area contributed by atoms with Crippen molar-refractivity contribution in [1.82, 2.24) is 0 Å². The minimum Gasteiger partial charge on any atom is -0.326 e. The van der Waals surface area contributed by atoms with Crippen LogP contribution in [0.25, 0.3) is 0 Å². The third kappa shape index (κ3) is 3.24. The maximum absolute atomic E-state index is 13.3. The van der Waals surface area contributed by atoms with Crippen LogP contribution in [-0.2, 0) is 10.2 Å². The maximum atomic E-state index is 13.3. The summed E-state index contributed by atoms with van der Waals surface area (Å²) in [6.45, 7) is 8.31. The molecule has 1 fully saturated rings. The van der Waals surface area contributed by atoms with Crippen LogP contribution in [0, 0.1) is 33.6 Å². The Morgan fingerprint density at radius 3 is 1.96 bits per heavy atom. The van der Waals surface area contributed by atoms with Crippen LogP contribution in [0.1, 0.15) is 39.8 Å². The summed E-state index contributed by atoms with van der Waals surface area (Å²) in [6.07, 6.45) is 0.844. The summed E-state index contributed by atoms with van der Waals surface area (Å²) in [6, 6.07) is 23.4. The molecule has 0 radical (unpaired) electrons. The molecule has 1 N–H and O–H groups in total. The molecule has 1 saturated carbocycles. The highest BCUT2D eigenvalue weighted by Gasteiger charge is 2.60. The van der Waals surface area contributed by atoms with Gasteiger partial charge in [0.1, 0.15) is 0 Å². The van der Waals surface area contributed by atoms with Gasteiger partial charge in [-0.2, -0.15) is 0 Å². The lowest BCUT2D eigenvalue weighted by molar-refractivity contribution is -0.117. The van der Waals surface area contributed by atoms with E-state index in [1.165, 1.54) is 22.3 Å². The highest BCUT2D eigenvalue weighted by molar-refractivity contribution is 5.97. The Kier molecular flexibility index (Phi) is 4.58. The van der Waals surface area contributed by atoms with E-state index in [9.17, 15) is 4.79 Å². The van der Waals surface area contributed by atoms with Crippen LogP contribution in [0.3, 0.4) is 0 Å². The van der Waals surface area contributed by atoms with E-state index in [4.69, 9.17) is 0 Å². The van der Waals surface area contributed by atoms with Gasteiger partial charge >= 0.3 is 0 Å². The number of benzene rings is 3. The van der Waals surface area contributed by atoms with Gasteiger partial charge in [-0.1, -0.05) is 71.8 Å². The van der Waals surface area contributed by atoms with Crippen LogP contribution in [0.2, 0.25) is 0 Å². The molecule has 0 aliphatic heterocycles. The predicted octanol–water partition coefficient (Wildman–Crippen LogP) is 5.86. The third-order valence-corrected chi connectivity index (χ3v) is 5.99. The summed E-state index contributed by atoms with van der Waals surface area (Å²) >= 11 is 0. The molecule has 4 rings (SSSR count). The van der Waals surface area contributed by atoms with Gasteiger partial charge in [0.15, 0.2) is 0 Å². The molecule has 3 aromatic rings. The Bertz CT molecular complexity index is 1000. The second-order valence-corrected chi connectivity index (χ2v) is 8.27. The third-order valence-electron chi connectivity index (χ3n) is 5.99. The van der Waals surface area contributed by atoms with Crippen molar-refractivity contribution in [3.8, 4) is 0 Å². The van der Waals surface area contributed by atoms with Crippen LogP contribution >= 0.6 is 0 Å². The van der Waals surface area contributed by atoms with Crippen molar-refractivity contribution in [2.24, 2.45) is 5.92 Å². The van der Waals surface area contributed by atoms with Gasteiger partial charge < -0.3 is 5.32 Å². The monoisotopic (exact) mass is 369 g/mol. The fraction of sp³-hybridized carbons (Fsp3) is 0.269. The van der Waals surface area contributed by atoms with Gasteiger partial charge in [0.05, 0.1) is 5.92 Å². The fourth-order valence-corrected chi connectivity index (χ4v) is 4.32. The van der Waals surface area contributed by atoms with Crippen LogP contribution < -0.4 is 5.32 Å². The first-order chi connectivity index (χ1) is 13.4. The molecule has 142 valence electrons. The first kappa shape index (κ1) is 18.5. The van der Waals surface area contributed by atoms with Crippen molar-refractivity contribution < 1.29 is 4.79 Å². The Morgan fingerprint density at radius 2 is 1.39 bits per heavy atom. The van der Waals surface area contributed by atoms with Crippen molar-refractivity contribution >= 4 is 11.6 Å². The SMILES string of the molecule is Cc1cccc(C2(c3cccc(C)c3)C[C@H]2C(=O)Nc2cc(C)ccc2C)c1. The summed E-state index contributed by atoms with van der Waals surface area (Å²) < 4.78 is 0. The molecule has 1 aliphatic carbocycles. The minimum atomic E-state index is -0.236. The Morgan fingerprint density at radius 1 is 0.821 bits per heavy atom. The van der Waals surface area contributed by atoms with Crippen LogP contribution in [-0.4, -0.2) is 5.91 Å². The molecule has 1 amide bonds. The number of carbonyl (C=O) groups is 1. The van der Waals surface area contributed by atoms with E-state index in [0.29, 0.717) is 0 Å². The number of rotatable bonds is 4. The zero-order valence-electron chi connectivity index (χ0n) is 17.0. The minimum absolute atomic E-state index is 0.0592. The fourth-order valence-electron chi connectivity index (χ4n) is 4.32. The summed E-state index contributed by atoms with van der Waals surface area (Å²) in [7, 11) is 0. The zero-order valence-corrected chi connectivity index (χ0v) is 17.0. The number of hydrogen-bond donors (Lipinski definition) is 1. The smallest absolute Gasteiger partial charge is 0.228 e. The van der Waals surface area contributed by atoms with E-state index in [1.807, 2.05) is 6.92 Å². The Balaban J connectivity index is 1.71. The number of amides is 1. The molecule has 0 heterocycles. The number of hydrogen-bond acceptors (Lipinski definition) is 1. The first-order valence-electron chi connectivity index (χ1n) is 9.92. The van der Waals surface area contributed by atoms with Crippen LogP contribution in [0.5, 0.6) is 0 Å². The lowest BCUT2D eigenvalue weighted by Gasteiger charge is -2.20. The lowest BCUT2D eigenvalue weighted by atomic mass is 9.84. The quantitative estimate of drug-likeness (QED) is 0.613. The van der Waals surface area contributed by atoms with E-state index in [-0.39, 0.29) is 17.2 Å². The topological polar surface area (TPSA) is 29.1 Å². The van der Waals surface area contributed by atoms with Crippen molar-refractivity contribution in [2.45, 2.75) is 39.5 Å². The zero-order chi connectivity index (χ0) is 19.9. The predicted molar refractivity (Wildman–Crippen MR) is 116 cm³/mol. The van der Waals surface area contributed by atoms with Gasteiger partial charge in [0.2, 0.25) is 5.91 Å². The second kappa shape index (κ2) is 6.94. The van der Waals surface area contributed by atoms with Crippen molar-refractivity contribution in [3.63, 3.8) is 0 Å². The molecule has 1 aliphatic rings. The summed E-state index contributed by atoms with van der Waals surface area (Å²) in [5.41, 5.74) is 7.85. The van der Waals surface area contributed by atoms with E-state index >= 15 is 0 Å². The molecule has 0 spiro atoms. The maximum Gasteiger partial charge on any atom is 0.228 e. The average molecular weight is 370 g/mol. The van der Waals surface area contributed by atoms with Crippen LogP contribution in [0.15, 0.2) is 66.7 Å². The van der Waals surface area contributed by atoms with E-state index in [1.54, 1.807) is 0 Å². The largest absolute Gasteiger partial charge is 0.326 e. The van der Waals surface area contributed by atoms with Crippen molar-refractivity contribution in [2.75, 3.05) is 5.32 Å². The second-order valence-electron chi connectivity index (χ2n) is 8.27. The summed E-state index contributed by atoms with van der Waals surface area (Å²) in [4.78, 5) is 13.3. The molecule has 0 aromatic heterocycles. The standard InChI is InChI=1S/C26H27NO/c1-17-7-5-9-21(13-17)26(22-10-6-8-18(2)14-22)16-23(26)25(28)27-24-15-19(3)11-12-20(24)4/h5-15,23H,16H2,1-4H3,(H,27,28)/t23-/m0/s1.